The average molecular weight is 1120 g/mol. The zero-order valence-corrected chi connectivity index (χ0v) is 43.3. The van der Waals surface area contributed by atoms with E-state index in [9.17, 15) is 95.9 Å². The van der Waals surface area contributed by atoms with Crippen molar-refractivity contribution in [3.63, 3.8) is 0 Å². The van der Waals surface area contributed by atoms with Gasteiger partial charge >= 0.3 is 24.7 Å². The van der Waals surface area contributed by atoms with Crippen LogP contribution in [0.1, 0.15) is 92.4 Å². The predicted molar refractivity (Wildman–Crippen MR) is 223 cm³/mol. The summed E-state index contributed by atoms with van der Waals surface area (Å²) in [5, 5.41) is 0. The first kappa shape index (κ1) is 75.9. The summed E-state index contributed by atoms with van der Waals surface area (Å²) in [5.41, 5.74) is -8.73. The molecule has 0 aromatic heterocycles. The molecule has 0 aliphatic rings. The molecule has 7 nitrogen and oxygen atoms in total. The highest BCUT2D eigenvalue weighted by Crippen LogP contribution is 2.47. The van der Waals surface area contributed by atoms with Gasteiger partial charge in [0.25, 0.3) is 11.8 Å². The zero-order chi connectivity index (χ0) is 54.8. The number of methoxy groups -OCH3 is 1. The van der Waals surface area contributed by atoms with Crippen LogP contribution in [-0.2, 0) is 24.4 Å². The maximum absolute atomic E-state index is 13.8. The number of halogens is 20. The molecule has 0 aromatic rings. The van der Waals surface area contributed by atoms with Gasteiger partial charge in [0.05, 0.1) is 87.4 Å². The lowest BCUT2D eigenvalue weighted by atomic mass is 9.90. The first-order chi connectivity index (χ1) is 29.2. The molecule has 0 spiro atoms. The molecule has 0 amide bonds. The number of nitrogens with zero attached hydrogens (tertiary/aromatic N) is 2. The molecule has 68 heavy (non-hydrogen) atoms. The van der Waals surface area contributed by atoms with Crippen molar-refractivity contribution >= 4 is 31.3 Å². The number of hydrogen-bond donors (Lipinski definition) is 0. The van der Waals surface area contributed by atoms with E-state index in [1.54, 1.807) is 32.5 Å². The lowest BCUT2D eigenvalue weighted by molar-refractivity contribution is -0.870. The Bertz CT molecular complexity index is 1580. The molecule has 4 atom stereocenters. The smallest absolute Gasteiger partial charge is 0.422 e. The van der Waals surface area contributed by atoms with Gasteiger partial charge in [0.2, 0.25) is 11.3 Å². The van der Waals surface area contributed by atoms with E-state index in [2.05, 4.69) is 11.6 Å². The molecule has 416 valence electrons. The molecule has 29 heteroatoms. The summed E-state index contributed by atoms with van der Waals surface area (Å²) in [7, 11) is 2.75. The van der Waals surface area contributed by atoms with Crippen LogP contribution in [0.2, 0.25) is 0 Å². The van der Waals surface area contributed by atoms with Crippen LogP contribution in [0.5, 0.6) is 0 Å². The predicted octanol–water partition coefficient (Wildman–Crippen LogP) is 9.28. The molecule has 4 unspecified atom stereocenters. The van der Waals surface area contributed by atoms with Crippen molar-refractivity contribution in [3.8, 4) is 0 Å². The minimum absolute atomic E-state index is 0. The quantitative estimate of drug-likeness (QED) is 0.0316. The highest BCUT2D eigenvalue weighted by molar-refractivity contribution is 7.91. The number of hydrogen-bond acceptors (Lipinski definition) is 6. The Morgan fingerprint density at radius 1 is 0.574 bits per heavy atom. The van der Waals surface area contributed by atoms with Crippen LogP contribution >= 0.6 is 11.6 Å². The zero-order valence-electron chi connectivity index (χ0n) is 40.2. The number of ether oxygens (including phenoxy) is 1. The van der Waals surface area contributed by atoms with Crippen molar-refractivity contribution in [3.05, 3.63) is 6.42 Å². The van der Waals surface area contributed by atoms with Gasteiger partial charge in [0.1, 0.15) is 22.8 Å². The van der Waals surface area contributed by atoms with Crippen LogP contribution < -0.4 is 12.4 Å². The van der Waals surface area contributed by atoms with Gasteiger partial charge in [-0.15, -0.1) is 11.6 Å². The van der Waals surface area contributed by atoms with E-state index < -0.39 is 141 Å². The lowest BCUT2D eigenvalue weighted by Gasteiger charge is -2.31. The van der Waals surface area contributed by atoms with Crippen molar-refractivity contribution in [2.45, 2.75) is 146 Å². The molecule has 0 radical (unpaired) electrons. The van der Waals surface area contributed by atoms with E-state index in [0.717, 1.165) is 0 Å². The number of alkyl halides is 19. The van der Waals surface area contributed by atoms with E-state index in [1.165, 1.54) is 6.38 Å². The fraction of sp³-hybridized carbons (Fsp3) is 0.974. The number of unbranched alkanes of at least 4 members (excludes halogenated alkanes) is 2. The Hall–Kier alpha value is -1.03. The third-order valence-electron chi connectivity index (χ3n) is 9.21. The molecule has 0 saturated heterocycles. The first-order valence-electron chi connectivity index (χ1n) is 20.2. The van der Waals surface area contributed by atoms with E-state index in [-0.39, 0.29) is 44.7 Å². The molecule has 0 rings (SSSR count). The highest BCUT2D eigenvalue weighted by Gasteiger charge is 2.60. The molecule has 0 fully saturated rings. The second-order valence-electron chi connectivity index (χ2n) is 18.6. The van der Waals surface area contributed by atoms with Crippen LogP contribution in [-0.4, -0.2) is 165 Å². The Morgan fingerprint density at radius 2 is 0.882 bits per heavy atom. The standard InChI is InChI=1S/C17H29F9NO2S.C16H25F9NO2S.C5H12O.CH3Cl.ClH/c1-14(18,17(24,25)26)12-15(19,20)11-13(16(21,22)23)7-10-30(28,29)9-6-5-8-27(2,3)4;1-13(17,16(23,24)25)11-14(18,19)10-12(15(20,21)22)6-9-29(27,28)8-5-4-7-26(2)3;1-5(2,3)6-4;1-2;/h13H,5-12H2,1-4H3;4,12H,5-11H2,1-3H3;1-4H3;1H3;1H/q2*+1;;;/p-1. The molecular weight excluding hydrogens is 1050 g/mol. The molecule has 0 N–H and O–H groups in total. The third kappa shape index (κ3) is 38.6. The summed E-state index contributed by atoms with van der Waals surface area (Å²) in [5.74, 6) is -18.0. The largest absolute Gasteiger partial charge is 1.00 e. The average Bonchev–Trinajstić information content (AvgIpc) is 3.06. The normalized spacial score (nSPS) is 16.3. The second-order valence-corrected chi connectivity index (χ2v) is 23.2. The maximum atomic E-state index is 13.8. The van der Waals surface area contributed by atoms with Crippen molar-refractivity contribution in [1.82, 2.24) is 4.90 Å². The minimum Gasteiger partial charge on any atom is -1.00 e. The van der Waals surface area contributed by atoms with Crippen LogP contribution in [0.25, 0.3) is 0 Å². The van der Waals surface area contributed by atoms with Gasteiger partial charge in [0, 0.05) is 26.3 Å². The van der Waals surface area contributed by atoms with E-state index >= 15 is 0 Å². The Morgan fingerprint density at radius 3 is 1.13 bits per heavy atom. The number of rotatable bonds is 24. The summed E-state index contributed by atoms with van der Waals surface area (Å²) in [6.07, 6.45) is -29.9. The van der Waals surface area contributed by atoms with E-state index in [4.69, 9.17) is 4.74 Å². The van der Waals surface area contributed by atoms with Crippen molar-refractivity contribution < 1.29 is 117 Å². The van der Waals surface area contributed by atoms with Gasteiger partial charge in [-0.05, 0) is 74.4 Å². The minimum atomic E-state index is -5.68. The van der Waals surface area contributed by atoms with Crippen LogP contribution in [0.4, 0.5) is 79.0 Å². The summed E-state index contributed by atoms with van der Waals surface area (Å²) >= 11 is 4.64. The highest BCUT2D eigenvalue weighted by atomic mass is 35.5. The van der Waals surface area contributed by atoms with Crippen LogP contribution in [0.3, 0.4) is 0 Å². The van der Waals surface area contributed by atoms with Crippen LogP contribution in [0, 0.1) is 18.3 Å². The molecule has 0 bridgehead atoms. The fourth-order valence-electron chi connectivity index (χ4n) is 5.17. The van der Waals surface area contributed by atoms with Gasteiger partial charge in [-0.25, -0.2) is 43.2 Å². The lowest BCUT2D eigenvalue weighted by Crippen LogP contribution is -3.00. The van der Waals surface area contributed by atoms with Gasteiger partial charge in [-0.3, -0.25) is 4.90 Å². The molecule has 0 aliphatic heterocycles. The first-order valence-corrected chi connectivity index (χ1v) is 24.6. The van der Waals surface area contributed by atoms with Gasteiger partial charge in [-0.2, -0.15) is 52.7 Å². The third-order valence-corrected chi connectivity index (χ3v) is 12.7. The molecule has 0 heterocycles. The monoisotopic (exact) mass is 1120 g/mol. The summed E-state index contributed by atoms with van der Waals surface area (Å²) < 4.78 is 288. The van der Waals surface area contributed by atoms with Gasteiger partial charge in [-0.1, -0.05) is 0 Å². The molecule has 0 saturated carbocycles. The summed E-state index contributed by atoms with van der Waals surface area (Å²) in [6.45, 7) is 6.75. The fourth-order valence-corrected chi connectivity index (χ4v) is 8.03. The maximum Gasteiger partial charge on any atom is 0.422 e. The SMILES string of the molecule is CC(F)(CC(F)(F)CC(CCS(=O)(=O)CCCC[N+](C)(C)C)C(F)(F)F)C(F)(F)F.CCl.CN(C)C[CH+]CCS(=O)(=O)CCC(CC(F)(F)CC(C)(F)C(F)(F)F)C(F)(F)F.COC(C)(C)C.[Cl-]. The topological polar surface area (TPSA) is 80.8 Å². The van der Waals surface area contributed by atoms with Gasteiger partial charge in [0.15, 0.2) is 9.84 Å². The molecule has 0 aromatic carbocycles. The van der Waals surface area contributed by atoms with Gasteiger partial charge < -0.3 is 21.6 Å². The van der Waals surface area contributed by atoms with Crippen LogP contribution in [0.15, 0.2) is 0 Å². The summed E-state index contributed by atoms with van der Waals surface area (Å²) in [4.78, 5) is 1.72. The van der Waals surface area contributed by atoms with Crippen molar-refractivity contribution in [1.29, 1.82) is 0 Å². The Balaban J connectivity index is -0.000000331. The number of quaternary nitrogens is 1. The number of sulfone groups is 2. The van der Waals surface area contributed by atoms with E-state index in [1.807, 2.05) is 41.9 Å². The second kappa shape index (κ2) is 29.6. The molecule has 0 aliphatic carbocycles. The summed E-state index contributed by atoms with van der Waals surface area (Å²) in [6, 6.07) is 0. The molecular formula is C39H69Cl2F18N2O5S2+. The van der Waals surface area contributed by atoms with E-state index in [0.29, 0.717) is 24.0 Å². The Kier molecular flexibility index (Phi) is 33.1. The van der Waals surface area contributed by atoms with Crippen molar-refractivity contribution in [2.24, 2.45) is 11.8 Å². The Labute approximate surface area is 401 Å². The van der Waals surface area contributed by atoms with Crippen molar-refractivity contribution in [2.75, 3.05) is 84.8 Å².